The van der Waals surface area contributed by atoms with Crippen molar-refractivity contribution in [1.82, 2.24) is 4.98 Å². The molecule has 2 aromatic carbocycles. The van der Waals surface area contributed by atoms with E-state index in [4.69, 9.17) is 9.15 Å². The Hall–Kier alpha value is -3.45. The lowest BCUT2D eigenvalue weighted by atomic mass is 9.98. The van der Waals surface area contributed by atoms with Crippen LogP contribution in [0, 0.1) is 6.92 Å². The molecule has 144 valence electrons. The van der Waals surface area contributed by atoms with Crippen molar-refractivity contribution in [1.29, 1.82) is 0 Å². The number of thiazole rings is 1. The first kappa shape index (κ1) is 17.6. The molecule has 0 radical (unpaired) electrons. The molecule has 29 heavy (non-hydrogen) atoms. The van der Waals surface area contributed by atoms with Crippen LogP contribution < -0.4 is 15.1 Å². The highest BCUT2D eigenvalue weighted by atomic mass is 32.1. The van der Waals surface area contributed by atoms with E-state index in [0.717, 1.165) is 11.1 Å². The first-order valence-electron chi connectivity index (χ1n) is 9.03. The number of rotatable bonds is 3. The Balaban J connectivity index is 1.81. The molecule has 1 amide bonds. The van der Waals surface area contributed by atoms with Gasteiger partial charge in [-0.05, 0) is 24.6 Å². The standard InChI is InChI=1S/C22H16N2O4S/c1-12-3-5-13(6-4-12)18-17-19(25)15-8-7-14(27-2)11-16(15)28-20(17)21(26)24(18)22-23-9-10-29-22/h3-11,18H,1-2H3. The molecule has 7 heteroatoms. The Kier molecular flexibility index (Phi) is 3.99. The number of carbonyl (C=O) groups excluding carboxylic acids is 1. The summed E-state index contributed by atoms with van der Waals surface area (Å²) >= 11 is 1.34. The summed E-state index contributed by atoms with van der Waals surface area (Å²) in [5.41, 5.74) is 2.37. The lowest BCUT2D eigenvalue weighted by molar-refractivity contribution is 0.0971. The van der Waals surface area contributed by atoms with E-state index in [-0.39, 0.29) is 17.1 Å². The second kappa shape index (κ2) is 6.56. The highest BCUT2D eigenvalue weighted by Gasteiger charge is 2.44. The van der Waals surface area contributed by atoms with Crippen LogP contribution in [0.2, 0.25) is 0 Å². The fourth-order valence-corrected chi connectivity index (χ4v) is 4.34. The Morgan fingerprint density at radius 2 is 1.93 bits per heavy atom. The monoisotopic (exact) mass is 404 g/mol. The van der Waals surface area contributed by atoms with Gasteiger partial charge in [0.25, 0.3) is 5.91 Å². The molecule has 0 fully saturated rings. The Labute approximate surface area is 170 Å². The van der Waals surface area contributed by atoms with Gasteiger partial charge in [0, 0.05) is 17.6 Å². The summed E-state index contributed by atoms with van der Waals surface area (Å²) in [5.74, 6) is 0.233. The Morgan fingerprint density at radius 1 is 1.14 bits per heavy atom. The van der Waals surface area contributed by atoms with E-state index in [0.29, 0.717) is 27.4 Å². The molecule has 1 aliphatic rings. The first-order chi connectivity index (χ1) is 14.1. The highest BCUT2D eigenvalue weighted by Crippen LogP contribution is 2.42. The molecule has 0 N–H and O–H groups in total. The molecule has 1 atom stereocenters. The molecule has 6 nitrogen and oxygen atoms in total. The van der Waals surface area contributed by atoms with Gasteiger partial charge in [-0.1, -0.05) is 29.8 Å². The van der Waals surface area contributed by atoms with Gasteiger partial charge in [0.05, 0.1) is 24.1 Å². The van der Waals surface area contributed by atoms with Crippen LogP contribution in [0.4, 0.5) is 5.13 Å². The smallest absolute Gasteiger partial charge is 0.297 e. The number of hydrogen-bond donors (Lipinski definition) is 0. The molecule has 0 saturated heterocycles. The number of anilines is 1. The van der Waals surface area contributed by atoms with Gasteiger partial charge in [-0.15, -0.1) is 11.3 Å². The molecule has 4 aromatic rings. The maximum absolute atomic E-state index is 13.4. The number of aryl methyl sites for hydroxylation is 1. The van der Waals surface area contributed by atoms with Gasteiger partial charge in [-0.25, -0.2) is 4.98 Å². The van der Waals surface area contributed by atoms with Crippen molar-refractivity contribution in [2.24, 2.45) is 0 Å². The fraction of sp³-hybridized carbons (Fsp3) is 0.136. The zero-order valence-corrected chi connectivity index (χ0v) is 16.5. The van der Waals surface area contributed by atoms with E-state index in [1.54, 1.807) is 34.7 Å². The van der Waals surface area contributed by atoms with Crippen LogP contribution in [0.25, 0.3) is 11.0 Å². The van der Waals surface area contributed by atoms with E-state index < -0.39 is 6.04 Å². The van der Waals surface area contributed by atoms with Crippen LogP contribution in [0.3, 0.4) is 0 Å². The first-order valence-corrected chi connectivity index (χ1v) is 9.91. The zero-order chi connectivity index (χ0) is 20.1. The normalized spacial score (nSPS) is 15.7. The number of aromatic nitrogens is 1. The summed E-state index contributed by atoms with van der Waals surface area (Å²) in [4.78, 5) is 32.6. The van der Waals surface area contributed by atoms with E-state index in [1.165, 1.54) is 18.4 Å². The van der Waals surface area contributed by atoms with Crippen LogP contribution in [-0.4, -0.2) is 18.0 Å². The third-order valence-corrected chi connectivity index (χ3v) is 5.87. The maximum atomic E-state index is 13.4. The van der Waals surface area contributed by atoms with Gasteiger partial charge in [0.15, 0.2) is 10.6 Å². The van der Waals surface area contributed by atoms with Crippen molar-refractivity contribution >= 4 is 33.3 Å². The number of carbonyl (C=O) groups is 1. The van der Waals surface area contributed by atoms with E-state index in [2.05, 4.69) is 4.98 Å². The van der Waals surface area contributed by atoms with Crippen molar-refractivity contribution in [3.63, 3.8) is 0 Å². The average molecular weight is 404 g/mol. The van der Waals surface area contributed by atoms with Crippen LogP contribution in [0.1, 0.15) is 33.3 Å². The Bertz CT molecular complexity index is 1290. The third-order valence-electron chi connectivity index (χ3n) is 5.10. The summed E-state index contributed by atoms with van der Waals surface area (Å²) < 4.78 is 11.2. The van der Waals surface area contributed by atoms with E-state index in [1.807, 2.05) is 31.2 Å². The molecule has 0 bridgehead atoms. The summed E-state index contributed by atoms with van der Waals surface area (Å²) in [6.45, 7) is 1.99. The number of benzene rings is 2. The van der Waals surface area contributed by atoms with Crippen molar-refractivity contribution in [2.75, 3.05) is 12.0 Å². The second-order valence-electron chi connectivity index (χ2n) is 6.84. The lowest BCUT2D eigenvalue weighted by Crippen LogP contribution is -2.29. The SMILES string of the molecule is COc1ccc2c(=O)c3c(oc2c1)C(=O)N(c1nccs1)C3c1ccc(C)cc1. The van der Waals surface area contributed by atoms with Crippen molar-refractivity contribution in [3.05, 3.63) is 86.7 Å². The minimum absolute atomic E-state index is 0.0523. The summed E-state index contributed by atoms with van der Waals surface area (Å²) in [6.07, 6.45) is 1.64. The van der Waals surface area contributed by atoms with Crippen molar-refractivity contribution in [3.8, 4) is 5.75 Å². The molecule has 2 aromatic heterocycles. The topological polar surface area (TPSA) is 72.6 Å². The number of methoxy groups -OCH3 is 1. The molecule has 1 aliphatic heterocycles. The quantitative estimate of drug-likeness (QED) is 0.509. The van der Waals surface area contributed by atoms with Crippen LogP contribution in [0.5, 0.6) is 5.75 Å². The summed E-state index contributed by atoms with van der Waals surface area (Å²) in [7, 11) is 1.54. The predicted molar refractivity (Wildman–Crippen MR) is 111 cm³/mol. The van der Waals surface area contributed by atoms with Gasteiger partial charge in [0.1, 0.15) is 11.3 Å². The number of nitrogens with zero attached hydrogens (tertiary/aromatic N) is 2. The summed E-state index contributed by atoms with van der Waals surface area (Å²) in [5, 5.41) is 2.73. The Morgan fingerprint density at radius 3 is 2.62 bits per heavy atom. The maximum Gasteiger partial charge on any atom is 0.297 e. The van der Waals surface area contributed by atoms with Crippen molar-refractivity contribution < 1.29 is 13.9 Å². The minimum Gasteiger partial charge on any atom is -0.497 e. The van der Waals surface area contributed by atoms with Crippen LogP contribution in [0.15, 0.2) is 63.3 Å². The number of amides is 1. The molecule has 3 heterocycles. The lowest BCUT2D eigenvalue weighted by Gasteiger charge is -2.22. The van der Waals surface area contributed by atoms with Crippen LogP contribution in [-0.2, 0) is 0 Å². The van der Waals surface area contributed by atoms with Gasteiger partial charge in [-0.3, -0.25) is 14.5 Å². The van der Waals surface area contributed by atoms with Gasteiger partial charge >= 0.3 is 0 Å². The van der Waals surface area contributed by atoms with Gasteiger partial charge in [0.2, 0.25) is 5.76 Å². The second-order valence-corrected chi connectivity index (χ2v) is 7.71. The van der Waals surface area contributed by atoms with E-state index in [9.17, 15) is 9.59 Å². The molecule has 1 unspecified atom stereocenters. The van der Waals surface area contributed by atoms with Crippen molar-refractivity contribution in [2.45, 2.75) is 13.0 Å². The third kappa shape index (κ3) is 2.66. The minimum atomic E-state index is -0.591. The number of fused-ring (bicyclic) bond motifs is 2. The highest BCUT2D eigenvalue weighted by molar-refractivity contribution is 7.13. The van der Waals surface area contributed by atoms with Gasteiger partial charge < -0.3 is 9.15 Å². The number of ether oxygens (including phenoxy) is 1. The van der Waals surface area contributed by atoms with Gasteiger partial charge in [-0.2, -0.15) is 0 Å². The fourth-order valence-electron chi connectivity index (χ4n) is 3.67. The predicted octanol–water partition coefficient (Wildman–Crippen LogP) is 4.32. The number of hydrogen-bond acceptors (Lipinski definition) is 6. The summed E-state index contributed by atoms with van der Waals surface area (Å²) in [6, 6.07) is 12.2. The average Bonchev–Trinajstić information content (AvgIpc) is 3.35. The molecule has 0 aliphatic carbocycles. The molecular formula is C22H16N2O4S. The largest absolute Gasteiger partial charge is 0.497 e. The molecule has 5 rings (SSSR count). The zero-order valence-electron chi connectivity index (χ0n) is 15.7. The van der Waals surface area contributed by atoms with Crippen LogP contribution >= 0.6 is 11.3 Å². The van der Waals surface area contributed by atoms with E-state index >= 15 is 0 Å². The molecule has 0 spiro atoms. The molecular weight excluding hydrogens is 388 g/mol. The molecule has 0 saturated carbocycles.